The lowest BCUT2D eigenvalue weighted by Gasteiger charge is -2.15. The molecule has 0 fully saturated rings. The number of carbonyl (C=O) groups is 2. The van der Waals surface area contributed by atoms with E-state index >= 15 is 0 Å². The molecule has 2 N–H and O–H groups in total. The zero-order chi connectivity index (χ0) is 15.3. The van der Waals surface area contributed by atoms with Gasteiger partial charge >= 0.3 is 24.2 Å². The summed E-state index contributed by atoms with van der Waals surface area (Å²) < 4.78 is 49.4. The Morgan fingerprint density at radius 2 is 1.95 bits per heavy atom. The van der Waals surface area contributed by atoms with Crippen LogP contribution in [0.15, 0.2) is 24.3 Å². The Balaban J connectivity index is 2.76. The molecule has 1 aromatic rings. The Morgan fingerprint density at radius 1 is 1.30 bits per heavy atom. The molecule has 0 aliphatic carbocycles. The number of aliphatic carboxylic acids is 1. The number of hydrogen-bond acceptors (Lipinski definition) is 2. The second-order valence-corrected chi connectivity index (χ2v) is 3.97. The van der Waals surface area contributed by atoms with Crippen molar-refractivity contribution in [1.29, 1.82) is 0 Å². The Morgan fingerprint density at radius 3 is 2.50 bits per heavy atom. The van der Waals surface area contributed by atoms with Gasteiger partial charge in [-0.1, -0.05) is 12.1 Å². The summed E-state index contributed by atoms with van der Waals surface area (Å²) in [5.41, 5.74) is 0.378. The number of carboxylic acid groups (broad SMARTS) is 1. The van der Waals surface area contributed by atoms with Crippen molar-refractivity contribution in [2.24, 2.45) is 0 Å². The molecular formula is C12H11F4NO3. The van der Waals surface area contributed by atoms with Gasteiger partial charge in [-0.15, -0.1) is 0 Å². The van der Waals surface area contributed by atoms with Gasteiger partial charge in [0.2, 0.25) is 0 Å². The fraction of sp³-hybridized carbons (Fsp3) is 0.333. The fourth-order valence-corrected chi connectivity index (χ4v) is 1.37. The Kier molecular flexibility index (Phi) is 5.06. The van der Waals surface area contributed by atoms with Gasteiger partial charge in [0.25, 0.3) is 0 Å². The van der Waals surface area contributed by atoms with Gasteiger partial charge in [-0.2, -0.15) is 8.78 Å². The van der Waals surface area contributed by atoms with Crippen LogP contribution in [0.5, 0.6) is 0 Å². The van der Waals surface area contributed by atoms with E-state index in [0.717, 1.165) is 0 Å². The number of anilines is 1. The van der Waals surface area contributed by atoms with Crippen LogP contribution in [0.4, 0.5) is 23.2 Å². The van der Waals surface area contributed by atoms with Crippen LogP contribution in [0.1, 0.15) is 12.0 Å². The molecule has 0 aliphatic heterocycles. The molecule has 1 rings (SSSR count). The van der Waals surface area contributed by atoms with Gasteiger partial charge in [-0.25, -0.2) is 8.78 Å². The summed E-state index contributed by atoms with van der Waals surface area (Å²) in [5, 5.41) is 10.2. The van der Waals surface area contributed by atoms with Gasteiger partial charge in [0.1, 0.15) is 0 Å². The summed E-state index contributed by atoms with van der Waals surface area (Å²) >= 11 is 0. The molecule has 0 unspecified atom stereocenters. The van der Waals surface area contributed by atoms with E-state index in [-0.39, 0.29) is 18.5 Å². The number of carbonyl (C=O) groups excluding carboxylic acids is 1. The fourth-order valence-electron chi connectivity index (χ4n) is 1.37. The van der Waals surface area contributed by atoms with E-state index in [1.807, 2.05) is 0 Å². The van der Waals surface area contributed by atoms with Crippen LogP contribution in [-0.4, -0.2) is 29.3 Å². The highest BCUT2D eigenvalue weighted by Crippen LogP contribution is 2.25. The van der Waals surface area contributed by atoms with Gasteiger partial charge in [0.05, 0.1) is 0 Å². The average molecular weight is 293 g/mol. The number of aryl methyl sites for hydroxylation is 1. The van der Waals surface area contributed by atoms with E-state index in [9.17, 15) is 27.2 Å². The number of hydrogen-bond donors (Lipinski definition) is 2. The van der Waals surface area contributed by atoms with Crippen molar-refractivity contribution < 1.29 is 32.3 Å². The van der Waals surface area contributed by atoms with Crippen molar-refractivity contribution in [3.8, 4) is 0 Å². The molecule has 8 heteroatoms. The first-order valence-corrected chi connectivity index (χ1v) is 5.51. The van der Waals surface area contributed by atoms with Crippen molar-refractivity contribution in [1.82, 2.24) is 0 Å². The quantitative estimate of drug-likeness (QED) is 0.792. The zero-order valence-corrected chi connectivity index (χ0v) is 10.1. The Labute approximate surface area is 111 Å². The molecule has 0 radical (unpaired) electrons. The van der Waals surface area contributed by atoms with Gasteiger partial charge in [0.15, 0.2) is 0 Å². The minimum Gasteiger partial charge on any atom is -0.481 e. The minimum absolute atomic E-state index is 0.0989. The molecule has 20 heavy (non-hydrogen) atoms. The third kappa shape index (κ3) is 4.22. The predicted molar refractivity (Wildman–Crippen MR) is 62.0 cm³/mol. The second kappa shape index (κ2) is 6.36. The third-order valence-electron chi connectivity index (χ3n) is 2.39. The summed E-state index contributed by atoms with van der Waals surface area (Å²) in [4.78, 5) is 21.4. The average Bonchev–Trinajstić information content (AvgIpc) is 2.36. The molecule has 0 bridgehead atoms. The lowest BCUT2D eigenvalue weighted by molar-refractivity contribution is -0.163. The van der Waals surface area contributed by atoms with E-state index in [2.05, 4.69) is 0 Å². The molecule has 0 heterocycles. The molecule has 1 amide bonds. The van der Waals surface area contributed by atoms with Crippen molar-refractivity contribution in [2.45, 2.75) is 25.2 Å². The van der Waals surface area contributed by atoms with Crippen molar-refractivity contribution in [3.05, 3.63) is 29.8 Å². The molecule has 0 aliphatic rings. The van der Waals surface area contributed by atoms with Gasteiger partial charge in [-0.3, -0.25) is 9.59 Å². The number of nitrogens with one attached hydrogen (secondary N) is 1. The Hall–Kier alpha value is -2.12. The SMILES string of the molecule is O=C(O)CCc1cccc(NC(=O)C(F)(F)C(F)F)c1. The van der Waals surface area contributed by atoms with E-state index < -0.39 is 24.2 Å². The summed E-state index contributed by atoms with van der Waals surface area (Å²) in [6, 6.07) is 5.42. The molecule has 0 saturated heterocycles. The van der Waals surface area contributed by atoms with Crippen molar-refractivity contribution in [3.63, 3.8) is 0 Å². The number of benzene rings is 1. The van der Waals surface area contributed by atoms with Gasteiger partial charge < -0.3 is 10.4 Å². The van der Waals surface area contributed by atoms with Crippen LogP contribution in [0.25, 0.3) is 0 Å². The lowest BCUT2D eigenvalue weighted by atomic mass is 10.1. The maximum absolute atomic E-state index is 12.7. The van der Waals surface area contributed by atoms with Crippen LogP contribution in [0, 0.1) is 0 Å². The first-order valence-electron chi connectivity index (χ1n) is 5.51. The molecule has 110 valence electrons. The van der Waals surface area contributed by atoms with Crippen LogP contribution in [-0.2, 0) is 16.0 Å². The Bertz CT molecular complexity index is 505. The highest BCUT2D eigenvalue weighted by atomic mass is 19.3. The normalized spacial score (nSPS) is 11.4. The number of rotatable bonds is 6. The van der Waals surface area contributed by atoms with Crippen molar-refractivity contribution >= 4 is 17.6 Å². The summed E-state index contributed by atoms with van der Waals surface area (Å²) in [6.45, 7) is 0. The van der Waals surface area contributed by atoms with Gasteiger partial charge in [-0.05, 0) is 24.1 Å². The van der Waals surface area contributed by atoms with Crippen LogP contribution < -0.4 is 5.32 Å². The molecule has 0 aromatic heterocycles. The molecule has 0 saturated carbocycles. The first-order chi connectivity index (χ1) is 9.23. The molecule has 1 aromatic carbocycles. The summed E-state index contributed by atoms with van der Waals surface area (Å²) in [6.07, 6.45) is -4.15. The second-order valence-electron chi connectivity index (χ2n) is 3.97. The van der Waals surface area contributed by atoms with Crippen molar-refractivity contribution in [2.75, 3.05) is 5.32 Å². The van der Waals surface area contributed by atoms with Gasteiger partial charge in [0, 0.05) is 12.1 Å². The topological polar surface area (TPSA) is 66.4 Å². The van der Waals surface area contributed by atoms with Crippen LogP contribution >= 0.6 is 0 Å². The lowest BCUT2D eigenvalue weighted by Crippen LogP contribution is -2.40. The monoisotopic (exact) mass is 293 g/mol. The standard InChI is InChI=1S/C12H11F4NO3/c13-10(14)12(15,16)11(20)17-8-3-1-2-7(6-8)4-5-9(18)19/h1-3,6,10H,4-5H2,(H,17,20)(H,18,19). The largest absolute Gasteiger partial charge is 0.481 e. The maximum Gasteiger partial charge on any atom is 0.383 e. The minimum atomic E-state index is -4.78. The molecule has 0 atom stereocenters. The third-order valence-corrected chi connectivity index (χ3v) is 2.39. The summed E-state index contributed by atoms with van der Waals surface area (Å²) in [5.74, 6) is -7.93. The highest BCUT2D eigenvalue weighted by molar-refractivity contribution is 5.96. The molecular weight excluding hydrogens is 282 g/mol. The smallest absolute Gasteiger partial charge is 0.383 e. The van der Waals surface area contributed by atoms with E-state index in [1.165, 1.54) is 24.3 Å². The van der Waals surface area contributed by atoms with E-state index in [1.54, 1.807) is 5.32 Å². The number of carboxylic acids is 1. The summed E-state index contributed by atoms with van der Waals surface area (Å²) in [7, 11) is 0. The van der Waals surface area contributed by atoms with Crippen LogP contribution in [0.3, 0.4) is 0 Å². The number of amides is 1. The predicted octanol–water partition coefficient (Wildman–Crippen LogP) is 2.54. The zero-order valence-electron chi connectivity index (χ0n) is 10.1. The molecule has 4 nitrogen and oxygen atoms in total. The van der Waals surface area contributed by atoms with E-state index in [4.69, 9.17) is 5.11 Å². The number of alkyl halides is 4. The highest BCUT2D eigenvalue weighted by Gasteiger charge is 2.48. The first kappa shape index (κ1) is 15.9. The van der Waals surface area contributed by atoms with Crippen LogP contribution in [0.2, 0.25) is 0 Å². The number of halogens is 4. The molecule has 0 spiro atoms. The maximum atomic E-state index is 12.7. The van der Waals surface area contributed by atoms with E-state index in [0.29, 0.717) is 5.56 Å².